The Kier molecular flexibility index (Phi) is 4.54. The Bertz CT molecular complexity index is 471. The Morgan fingerprint density at radius 1 is 1.24 bits per heavy atom. The molecule has 96 valence electrons. The molecule has 1 aromatic rings. The van der Waals surface area contributed by atoms with Crippen LogP contribution in [-0.2, 0) is 10.0 Å². The molecular formula is C12H19NO3S. The van der Waals surface area contributed by atoms with Gasteiger partial charge in [0.15, 0.2) is 0 Å². The molecule has 4 nitrogen and oxygen atoms in total. The van der Waals surface area contributed by atoms with E-state index in [4.69, 9.17) is 9.88 Å². The van der Waals surface area contributed by atoms with E-state index in [-0.39, 0.29) is 4.90 Å². The Labute approximate surface area is 103 Å². The maximum Gasteiger partial charge on any atom is 0.238 e. The van der Waals surface area contributed by atoms with E-state index in [1.807, 2.05) is 0 Å². The molecule has 1 rings (SSSR count). The van der Waals surface area contributed by atoms with Crippen LogP contribution in [0.3, 0.4) is 0 Å². The molecule has 0 bridgehead atoms. The van der Waals surface area contributed by atoms with Gasteiger partial charge in [0.2, 0.25) is 10.0 Å². The number of primary sulfonamides is 1. The van der Waals surface area contributed by atoms with Gasteiger partial charge in [0.25, 0.3) is 0 Å². The fraction of sp³-hybridized carbons (Fsp3) is 0.500. The average Bonchev–Trinajstić information content (AvgIpc) is 2.14. The highest BCUT2D eigenvalue weighted by molar-refractivity contribution is 7.89. The number of benzene rings is 1. The quantitative estimate of drug-likeness (QED) is 0.821. The number of ether oxygens (including phenoxy) is 1. The van der Waals surface area contributed by atoms with Crippen LogP contribution >= 0.6 is 0 Å². The van der Waals surface area contributed by atoms with E-state index < -0.39 is 10.0 Å². The second-order valence-corrected chi connectivity index (χ2v) is 5.63. The molecular weight excluding hydrogens is 238 g/mol. The summed E-state index contributed by atoms with van der Waals surface area (Å²) in [6.07, 6.45) is 2.04. The highest BCUT2D eigenvalue weighted by atomic mass is 32.2. The third-order valence-corrected chi connectivity index (χ3v) is 3.70. The molecule has 0 unspecified atom stereocenters. The van der Waals surface area contributed by atoms with Crippen molar-refractivity contribution in [2.75, 3.05) is 6.61 Å². The van der Waals surface area contributed by atoms with E-state index in [2.05, 4.69) is 6.92 Å². The van der Waals surface area contributed by atoms with Crippen molar-refractivity contribution in [3.05, 3.63) is 23.3 Å². The lowest BCUT2D eigenvalue weighted by molar-refractivity contribution is 0.309. The Morgan fingerprint density at radius 3 is 2.18 bits per heavy atom. The van der Waals surface area contributed by atoms with E-state index in [0.29, 0.717) is 23.5 Å². The number of sulfonamides is 1. The summed E-state index contributed by atoms with van der Waals surface area (Å²) in [4.78, 5) is 0.195. The molecule has 0 fully saturated rings. The second kappa shape index (κ2) is 5.51. The van der Waals surface area contributed by atoms with E-state index in [9.17, 15) is 8.42 Å². The number of aryl methyl sites for hydroxylation is 2. The molecule has 0 atom stereocenters. The molecule has 0 spiro atoms. The molecule has 1 aromatic carbocycles. The van der Waals surface area contributed by atoms with Gasteiger partial charge in [-0.25, -0.2) is 13.6 Å². The number of rotatable bonds is 5. The standard InChI is InChI=1S/C12H19NO3S/c1-4-5-6-16-11-7-9(2)12(10(3)8-11)17(13,14)15/h7-8H,4-6H2,1-3H3,(H2,13,14,15). The zero-order valence-corrected chi connectivity index (χ0v) is 11.3. The number of hydrogen-bond acceptors (Lipinski definition) is 3. The van der Waals surface area contributed by atoms with Crippen molar-refractivity contribution < 1.29 is 13.2 Å². The molecule has 0 saturated carbocycles. The van der Waals surface area contributed by atoms with Crippen LogP contribution in [0, 0.1) is 13.8 Å². The number of hydrogen-bond donors (Lipinski definition) is 1. The summed E-state index contributed by atoms with van der Waals surface area (Å²) in [5, 5.41) is 5.16. The van der Waals surface area contributed by atoms with Gasteiger partial charge < -0.3 is 4.74 Å². The molecule has 0 saturated heterocycles. The van der Waals surface area contributed by atoms with E-state index in [0.717, 1.165) is 12.8 Å². The lowest BCUT2D eigenvalue weighted by atomic mass is 10.1. The van der Waals surface area contributed by atoms with Gasteiger partial charge in [0, 0.05) is 0 Å². The Hall–Kier alpha value is -1.07. The summed E-state index contributed by atoms with van der Waals surface area (Å²) in [5.41, 5.74) is 1.25. The summed E-state index contributed by atoms with van der Waals surface area (Å²) in [6, 6.07) is 3.42. The van der Waals surface area contributed by atoms with E-state index in [1.165, 1.54) is 0 Å². The largest absolute Gasteiger partial charge is 0.494 e. The second-order valence-electron chi connectivity index (χ2n) is 4.13. The van der Waals surface area contributed by atoms with Gasteiger partial charge in [-0.3, -0.25) is 0 Å². The van der Waals surface area contributed by atoms with Crippen molar-refractivity contribution in [2.45, 2.75) is 38.5 Å². The van der Waals surface area contributed by atoms with Crippen LogP contribution < -0.4 is 9.88 Å². The first-order valence-corrected chi connectivity index (χ1v) is 7.17. The zero-order chi connectivity index (χ0) is 13.1. The summed E-state index contributed by atoms with van der Waals surface area (Å²) in [6.45, 7) is 6.17. The first-order chi connectivity index (χ1) is 7.86. The average molecular weight is 257 g/mol. The van der Waals surface area contributed by atoms with Gasteiger partial charge >= 0.3 is 0 Å². The molecule has 0 amide bonds. The molecule has 0 radical (unpaired) electrons. The van der Waals surface area contributed by atoms with Gasteiger partial charge in [0.05, 0.1) is 11.5 Å². The third kappa shape index (κ3) is 3.71. The van der Waals surface area contributed by atoms with Crippen LogP contribution in [0.4, 0.5) is 0 Å². The summed E-state index contributed by atoms with van der Waals surface area (Å²) < 4.78 is 28.3. The SMILES string of the molecule is CCCCOc1cc(C)c(S(N)(=O)=O)c(C)c1. The van der Waals surface area contributed by atoms with Crippen LogP contribution in [0.5, 0.6) is 5.75 Å². The third-order valence-electron chi connectivity index (χ3n) is 2.48. The molecule has 0 heterocycles. The fourth-order valence-corrected chi connectivity index (χ4v) is 2.79. The molecule has 17 heavy (non-hydrogen) atoms. The summed E-state index contributed by atoms with van der Waals surface area (Å²) in [7, 11) is -3.66. The predicted molar refractivity (Wildman–Crippen MR) is 67.7 cm³/mol. The number of unbranched alkanes of at least 4 members (excludes halogenated alkanes) is 1. The maximum atomic E-state index is 11.4. The molecule has 5 heteroatoms. The van der Waals surface area contributed by atoms with Crippen LogP contribution in [0.15, 0.2) is 17.0 Å². The lowest BCUT2D eigenvalue weighted by Gasteiger charge is -2.11. The van der Waals surface area contributed by atoms with Crippen molar-refractivity contribution in [3.63, 3.8) is 0 Å². The zero-order valence-electron chi connectivity index (χ0n) is 10.5. The summed E-state index contributed by atoms with van der Waals surface area (Å²) in [5.74, 6) is 0.695. The van der Waals surface area contributed by atoms with Gasteiger partial charge in [-0.15, -0.1) is 0 Å². The minimum absolute atomic E-state index is 0.195. The van der Waals surface area contributed by atoms with Gasteiger partial charge in [-0.05, 0) is 43.5 Å². The van der Waals surface area contributed by atoms with Crippen LogP contribution in [0.2, 0.25) is 0 Å². The Morgan fingerprint density at radius 2 is 1.76 bits per heavy atom. The topological polar surface area (TPSA) is 69.4 Å². The van der Waals surface area contributed by atoms with Crippen LogP contribution in [0.1, 0.15) is 30.9 Å². The van der Waals surface area contributed by atoms with E-state index in [1.54, 1.807) is 26.0 Å². The summed E-state index contributed by atoms with van der Waals surface area (Å²) >= 11 is 0. The Balaban J connectivity index is 3.02. The monoisotopic (exact) mass is 257 g/mol. The van der Waals surface area contributed by atoms with Gasteiger partial charge in [0.1, 0.15) is 5.75 Å². The van der Waals surface area contributed by atoms with Crippen LogP contribution in [0.25, 0.3) is 0 Å². The molecule has 0 aliphatic heterocycles. The highest BCUT2D eigenvalue weighted by Crippen LogP contribution is 2.24. The molecule has 0 aliphatic rings. The smallest absolute Gasteiger partial charge is 0.238 e. The first kappa shape index (κ1) is 14.0. The molecule has 0 aliphatic carbocycles. The van der Waals surface area contributed by atoms with Crippen molar-refractivity contribution in [3.8, 4) is 5.75 Å². The maximum absolute atomic E-state index is 11.4. The first-order valence-electron chi connectivity index (χ1n) is 5.63. The normalized spacial score (nSPS) is 11.5. The fourth-order valence-electron chi connectivity index (χ4n) is 1.78. The van der Waals surface area contributed by atoms with Crippen molar-refractivity contribution >= 4 is 10.0 Å². The predicted octanol–water partition coefficient (Wildman–Crippen LogP) is 2.13. The van der Waals surface area contributed by atoms with Crippen LogP contribution in [-0.4, -0.2) is 15.0 Å². The van der Waals surface area contributed by atoms with Crippen molar-refractivity contribution in [1.29, 1.82) is 0 Å². The lowest BCUT2D eigenvalue weighted by Crippen LogP contribution is -2.15. The van der Waals surface area contributed by atoms with Crippen molar-refractivity contribution in [1.82, 2.24) is 0 Å². The number of nitrogens with two attached hydrogens (primary N) is 1. The molecule has 0 aromatic heterocycles. The van der Waals surface area contributed by atoms with Gasteiger partial charge in [-0.1, -0.05) is 13.3 Å². The van der Waals surface area contributed by atoms with Gasteiger partial charge in [-0.2, -0.15) is 0 Å². The minimum atomic E-state index is -3.66. The van der Waals surface area contributed by atoms with Crippen molar-refractivity contribution in [2.24, 2.45) is 5.14 Å². The highest BCUT2D eigenvalue weighted by Gasteiger charge is 2.15. The molecule has 2 N–H and O–H groups in total. The minimum Gasteiger partial charge on any atom is -0.494 e. The van der Waals surface area contributed by atoms with E-state index >= 15 is 0 Å².